The topological polar surface area (TPSA) is 102 Å². The SMILES string of the molecule is COc1cccc(C2C(C(=O)c3cc4ccccc4o3)=C(O)C(=O)N2CCN2CCOCC2)c1OC. The molecule has 3 heterocycles. The number of aliphatic hydroxyl groups excluding tert-OH is 1. The molecule has 9 nitrogen and oxygen atoms in total. The van der Waals surface area contributed by atoms with Gasteiger partial charge in [-0.15, -0.1) is 0 Å². The Kier molecular flexibility index (Phi) is 6.67. The lowest BCUT2D eigenvalue weighted by Gasteiger charge is -2.32. The lowest BCUT2D eigenvalue weighted by molar-refractivity contribution is -0.129. The largest absolute Gasteiger partial charge is 0.503 e. The maximum absolute atomic E-state index is 13.8. The zero-order chi connectivity index (χ0) is 25.2. The highest BCUT2D eigenvalue weighted by molar-refractivity contribution is 6.16. The maximum atomic E-state index is 13.8. The third-order valence-electron chi connectivity index (χ3n) is 6.69. The van der Waals surface area contributed by atoms with E-state index in [1.165, 1.54) is 19.1 Å². The Bertz CT molecular complexity index is 1290. The average molecular weight is 493 g/mol. The van der Waals surface area contributed by atoms with Crippen molar-refractivity contribution in [3.05, 3.63) is 71.2 Å². The maximum Gasteiger partial charge on any atom is 0.290 e. The minimum atomic E-state index is -0.885. The Morgan fingerprint density at radius 1 is 1.06 bits per heavy atom. The summed E-state index contributed by atoms with van der Waals surface area (Å²) in [6.45, 7) is 3.61. The van der Waals surface area contributed by atoms with Gasteiger partial charge in [0.05, 0.1) is 39.0 Å². The Hall–Kier alpha value is -3.82. The van der Waals surface area contributed by atoms with E-state index in [-0.39, 0.29) is 11.3 Å². The van der Waals surface area contributed by atoms with Crippen LogP contribution >= 0.6 is 0 Å². The number of ether oxygens (including phenoxy) is 3. The number of amides is 1. The van der Waals surface area contributed by atoms with Crippen molar-refractivity contribution < 1.29 is 33.3 Å². The van der Waals surface area contributed by atoms with Gasteiger partial charge in [-0.2, -0.15) is 0 Å². The average Bonchev–Trinajstić information content (AvgIpc) is 3.46. The number of Topliss-reactive ketones (excluding diaryl/α,β-unsaturated/α-hetero) is 1. The summed E-state index contributed by atoms with van der Waals surface area (Å²) in [5.74, 6) is -0.862. The van der Waals surface area contributed by atoms with Crippen molar-refractivity contribution in [1.29, 1.82) is 0 Å². The van der Waals surface area contributed by atoms with E-state index in [1.54, 1.807) is 30.3 Å². The van der Waals surface area contributed by atoms with Crippen LogP contribution in [0.25, 0.3) is 11.0 Å². The predicted octanol–water partition coefficient (Wildman–Crippen LogP) is 3.36. The van der Waals surface area contributed by atoms with E-state index in [1.807, 2.05) is 18.2 Å². The number of para-hydroxylation sites is 2. The summed E-state index contributed by atoms with van der Waals surface area (Å²) >= 11 is 0. The number of rotatable bonds is 8. The van der Waals surface area contributed by atoms with Crippen LogP contribution in [0.5, 0.6) is 11.5 Å². The number of carbonyl (C=O) groups excluding carboxylic acids is 2. The van der Waals surface area contributed by atoms with Gasteiger partial charge in [-0.25, -0.2) is 0 Å². The molecule has 2 aliphatic heterocycles. The second kappa shape index (κ2) is 10.0. The van der Waals surface area contributed by atoms with E-state index in [9.17, 15) is 14.7 Å². The molecule has 1 amide bonds. The molecule has 1 fully saturated rings. The van der Waals surface area contributed by atoms with Gasteiger partial charge in [0.1, 0.15) is 5.58 Å². The van der Waals surface area contributed by atoms with E-state index in [4.69, 9.17) is 18.6 Å². The van der Waals surface area contributed by atoms with Gasteiger partial charge in [0.25, 0.3) is 5.91 Å². The van der Waals surface area contributed by atoms with Gasteiger partial charge in [0.2, 0.25) is 5.78 Å². The molecule has 36 heavy (non-hydrogen) atoms. The summed E-state index contributed by atoms with van der Waals surface area (Å²) in [7, 11) is 3.02. The molecule has 1 aromatic heterocycles. The number of benzene rings is 2. The van der Waals surface area contributed by atoms with Crippen molar-refractivity contribution in [2.24, 2.45) is 0 Å². The standard InChI is InChI=1S/C27H28N2O7/c1-33-20-9-5-7-18(26(20)34-2)23-22(24(30)21-16-17-6-3-4-8-19(17)36-21)25(31)27(32)29(23)11-10-28-12-14-35-15-13-28/h3-9,16,23,31H,10-15H2,1-2H3. The van der Waals surface area contributed by atoms with Gasteiger partial charge < -0.3 is 28.6 Å². The molecule has 3 aromatic rings. The van der Waals surface area contributed by atoms with Crippen molar-refractivity contribution in [2.75, 3.05) is 53.6 Å². The monoisotopic (exact) mass is 492 g/mol. The number of carbonyl (C=O) groups is 2. The lowest BCUT2D eigenvalue weighted by atomic mass is 9.94. The summed E-state index contributed by atoms with van der Waals surface area (Å²) in [5, 5.41) is 11.8. The van der Waals surface area contributed by atoms with Gasteiger partial charge >= 0.3 is 0 Å². The molecule has 1 atom stereocenters. The predicted molar refractivity (Wildman–Crippen MR) is 131 cm³/mol. The van der Waals surface area contributed by atoms with Crippen LogP contribution in [0.4, 0.5) is 0 Å². The van der Waals surface area contributed by atoms with Gasteiger partial charge in [-0.1, -0.05) is 30.3 Å². The molecule has 188 valence electrons. The van der Waals surface area contributed by atoms with Crippen molar-refractivity contribution >= 4 is 22.7 Å². The zero-order valence-corrected chi connectivity index (χ0v) is 20.2. The fourth-order valence-corrected chi connectivity index (χ4v) is 4.87. The molecule has 0 bridgehead atoms. The molecule has 1 unspecified atom stereocenters. The van der Waals surface area contributed by atoms with Gasteiger partial charge in [0.15, 0.2) is 23.0 Å². The number of hydrogen-bond acceptors (Lipinski definition) is 8. The first kappa shape index (κ1) is 23.9. The lowest BCUT2D eigenvalue weighted by Crippen LogP contribution is -2.43. The fraction of sp³-hybridized carbons (Fsp3) is 0.333. The van der Waals surface area contributed by atoms with Gasteiger partial charge in [0, 0.05) is 37.1 Å². The van der Waals surface area contributed by atoms with Crippen LogP contribution in [0.1, 0.15) is 22.2 Å². The summed E-state index contributed by atoms with van der Waals surface area (Å²) < 4.78 is 22.3. The zero-order valence-electron chi connectivity index (χ0n) is 20.2. The van der Waals surface area contributed by atoms with E-state index in [0.717, 1.165) is 18.5 Å². The number of morpholine rings is 1. The van der Waals surface area contributed by atoms with Crippen LogP contribution in [0.2, 0.25) is 0 Å². The number of furan rings is 1. The molecular formula is C27H28N2O7. The van der Waals surface area contributed by atoms with Crippen LogP contribution in [-0.4, -0.2) is 80.2 Å². The molecule has 9 heteroatoms. The Morgan fingerprint density at radius 2 is 1.83 bits per heavy atom. The number of nitrogens with zero attached hydrogens (tertiary/aromatic N) is 2. The highest BCUT2D eigenvalue weighted by Gasteiger charge is 2.46. The highest BCUT2D eigenvalue weighted by atomic mass is 16.5. The van der Waals surface area contributed by atoms with Gasteiger partial charge in [-0.3, -0.25) is 14.5 Å². The van der Waals surface area contributed by atoms with Crippen LogP contribution < -0.4 is 9.47 Å². The smallest absolute Gasteiger partial charge is 0.290 e. The van der Waals surface area contributed by atoms with Crippen LogP contribution in [0.3, 0.4) is 0 Å². The summed E-state index contributed by atoms with van der Waals surface area (Å²) in [6, 6.07) is 13.3. The first-order valence-corrected chi connectivity index (χ1v) is 11.8. The number of fused-ring (bicyclic) bond motifs is 1. The Labute approximate surface area is 208 Å². The molecule has 1 N–H and O–H groups in total. The van der Waals surface area contributed by atoms with Crippen molar-refractivity contribution in [1.82, 2.24) is 9.80 Å². The first-order chi connectivity index (χ1) is 17.5. The second-order valence-electron chi connectivity index (χ2n) is 8.68. The van der Waals surface area contributed by atoms with Gasteiger partial charge in [-0.05, 0) is 18.2 Å². The normalized spacial score (nSPS) is 18.8. The number of ketones is 1. The Morgan fingerprint density at radius 3 is 2.56 bits per heavy atom. The minimum Gasteiger partial charge on any atom is -0.503 e. The van der Waals surface area contributed by atoms with E-state index in [2.05, 4.69) is 4.90 Å². The number of hydrogen-bond donors (Lipinski definition) is 1. The quantitative estimate of drug-likeness (QED) is 0.478. The van der Waals surface area contributed by atoms with Crippen LogP contribution in [0.15, 0.2) is 64.3 Å². The molecule has 1 saturated heterocycles. The molecule has 0 radical (unpaired) electrons. The van der Waals surface area contributed by atoms with E-state index < -0.39 is 23.5 Å². The molecule has 0 aliphatic carbocycles. The van der Waals surface area contributed by atoms with Crippen LogP contribution in [0, 0.1) is 0 Å². The highest BCUT2D eigenvalue weighted by Crippen LogP contribution is 2.45. The first-order valence-electron chi connectivity index (χ1n) is 11.8. The molecule has 5 rings (SSSR count). The van der Waals surface area contributed by atoms with E-state index in [0.29, 0.717) is 48.9 Å². The summed E-state index contributed by atoms with van der Waals surface area (Å²) in [6.07, 6.45) is 0. The molecular weight excluding hydrogens is 464 g/mol. The van der Waals surface area contributed by atoms with E-state index >= 15 is 0 Å². The molecule has 0 spiro atoms. The fourth-order valence-electron chi connectivity index (χ4n) is 4.87. The number of methoxy groups -OCH3 is 2. The van der Waals surface area contributed by atoms with Crippen molar-refractivity contribution in [3.8, 4) is 11.5 Å². The summed E-state index contributed by atoms with van der Waals surface area (Å²) in [4.78, 5) is 30.8. The minimum absolute atomic E-state index is 0.0485. The Balaban J connectivity index is 1.57. The van der Waals surface area contributed by atoms with Crippen molar-refractivity contribution in [3.63, 3.8) is 0 Å². The second-order valence-corrected chi connectivity index (χ2v) is 8.68. The molecule has 2 aromatic carbocycles. The van der Waals surface area contributed by atoms with Crippen LogP contribution in [-0.2, 0) is 9.53 Å². The molecule has 0 saturated carbocycles. The third kappa shape index (κ3) is 4.20. The molecule has 2 aliphatic rings. The third-order valence-corrected chi connectivity index (χ3v) is 6.69. The van der Waals surface area contributed by atoms with Crippen molar-refractivity contribution in [2.45, 2.75) is 6.04 Å². The number of aliphatic hydroxyl groups is 1. The summed E-state index contributed by atoms with van der Waals surface area (Å²) in [5.41, 5.74) is 1.04.